The number of hydrogen-bond acceptors (Lipinski definition) is 5. The molecule has 3 atom stereocenters. The lowest BCUT2D eigenvalue weighted by Gasteiger charge is -2.45. The SMILES string of the molecule is CN1CCC([NH+]2C[C@@H]3C[C@H](C2)c2ccc([N-]S(=O)(=O)c4cccs4)c(=O)n2C3)CC1. The Bertz CT molecular complexity index is 1070. The van der Waals surface area contributed by atoms with Crippen LogP contribution in [-0.2, 0) is 16.6 Å². The summed E-state index contributed by atoms with van der Waals surface area (Å²) < 4.78 is 30.9. The first-order chi connectivity index (χ1) is 14.4. The average Bonchev–Trinajstić information content (AvgIpc) is 3.27. The summed E-state index contributed by atoms with van der Waals surface area (Å²) >= 11 is 1.11. The molecule has 1 unspecified atom stereocenters. The molecular formula is C21H28N4O3S2. The largest absolute Gasteiger partial charge is 0.568 e. The minimum atomic E-state index is -3.84. The number of fused-ring (bicyclic) bond motifs is 4. The predicted molar refractivity (Wildman–Crippen MR) is 117 cm³/mol. The molecule has 0 aliphatic carbocycles. The zero-order chi connectivity index (χ0) is 20.9. The molecule has 2 bridgehead atoms. The van der Waals surface area contributed by atoms with Gasteiger partial charge in [0.05, 0.1) is 19.1 Å². The Hall–Kier alpha value is -1.68. The molecule has 3 aliphatic heterocycles. The third-order valence-corrected chi connectivity index (χ3v) is 9.65. The topological polar surface area (TPSA) is 77.9 Å². The number of sulfonamides is 1. The first kappa shape index (κ1) is 20.2. The van der Waals surface area contributed by atoms with Gasteiger partial charge in [-0.15, -0.1) is 11.3 Å². The van der Waals surface area contributed by atoms with Crippen LogP contribution in [-0.4, -0.2) is 57.2 Å². The van der Waals surface area contributed by atoms with E-state index in [1.165, 1.54) is 32.0 Å². The van der Waals surface area contributed by atoms with Crippen LogP contribution in [0.1, 0.15) is 30.9 Å². The van der Waals surface area contributed by atoms with Crippen molar-refractivity contribution in [2.45, 2.75) is 42.0 Å². The number of aromatic nitrogens is 1. The van der Waals surface area contributed by atoms with Crippen LogP contribution in [0, 0.1) is 5.92 Å². The van der Waals surface area contributed by atoms with Gasteiger partial charge in [0.15, 0.2) is 0 Å². The quantitative estimate of drug-likeness (QED) is 0.767. The minimum absolute atomic E-state index is 0.0200. The van der Waals surface area contributed by atoms with Crippen molar-refractivity contribution in [3.8, 4) is 0 Å². The van der Waals surface area contributed by atoms with Gasteiger partial charge in [0, 0.05) is 50.0 Å². The molecule has 0 saturated carbocycles. The lowest BCUT2D eigenvalue weighted by atomic mass is 9.82. The van der Waals surface area contributed by atoms with Crippen LogP contribution in [0.15, 0.2) is 38.6 Å². The normalized spacial score (nSPS) is 27.6. The Kier molecular flexibility index (Phi) is 5.25. The molecule has 1 N–H and O–H groups in total. The van der Waals surface area contributed by atoms with Crippen molar-refractivity contribution in [3.63, 3.8) is 0 Å². The van der Waals surface area contributed by atoms with Crippen LogP contribution in [0.2, 0.25) is 0 Å². The molecule has 5 heterocycles. The molecule has 0 aromatic carbocycles. The molecule has 2 aromatic rings. The van der Waals surface area contributed by atoms with Gasteiger partial charge in [0.2, 0.25) is 5.56 Å². The Morgan fingerprint density at radius 3 is 2.70 bits per heavy atom. The van der Waals surface area contributed by atoms with E-state index in [1.807, 2.05) is 6.07 Å². The number of rotatable bonds is 4. The van der Waals surface area contributed by atoms with E-state index in [0.717, 1.165) is 42.6 Å². The van der Waals surface area contributed by atoms with Crippen LogP contribution in [0.3, 0.4) is 0 Å². The van der Waals surface area contributed by atoms with E-state index in [1.54, 1.807) is 27.0 Å². The Morgan fingerprint density at radius 1 is 1.17 bits per heavy atom. The van der Waals surface area contributed by atoms with E-state index in [-0.39, 0.29) is 15.5 Å². The zero-order valence-corrected chi connectivity index (χ0v) is 18.8. The van der Waals surface area contributed by atoms with E-state index in [2.05, 4.69) is 16.7 Å². The molecule has 7 nitrogen and oxygen atoms in total. The first-order valence-corrected chi connectivity index (χ1v) is 13.0. The minimum Gasteiger partial charge on any atom is -0.568 e. The Morgan fingerprint density at radius 2 is 1.97 bits per heavy atom. The van der Waals surface area contributed by atoms with Crippen LogP contribution < -0.4 is 10.5 Å². The summed E-state index contributed by atoms with van der Waals surface area (Å²) in [4.78, 5) is 17.2. The molecule has 3 aliphatic rings. The fraction of sp³-hybridized carbons (Fsp3) is 0.571. The number of piperidine rings is 2. The average molecular weight is 449 g/mol. The zero-order valence-electron chi connectivity index (χ0n) is 17.2. The van der Waals surface area contributed by atoms with E-state index < -0.39 is 10.0 Å². The van der Waals surface area contributed by atoms with Crippen LogP contribution in [0.4, 0.5) is 5.69 Å². The molecule has 0 amide bonds. The second-order valence-corrected chi connectivity index (χ2v) is 11.8. The summed E-state index contributed by atoms with van der Waals surface area (Å²) in [7, 11) is -1.65. The number of nitrogens with one attached hydrogen (secondary N) is 1. The molecule has 162 valence electrons. The number of hydrogen-bond donors (Lipinski definition) is 1. The summed E-state index contributed by atoms with van der Waals surface area (Å²) in [6, 6.07) is 7.44. The second kappa shape index (κ2) is 7.78. The molecular weight excluding hydrogens is 420 g/mol. The van der Waals surface area contributed by atoms with Crippen molar-refractivity contribution >= 4 is 27.0 Å². The third kappa shape index (κ3) is 3.72. The summed E-state index contributed by atoms with van der Waals surface area (Å²) in [6.07, 6.45) is 3.62. The molecule has 9 heteroatoms. The number of quaternary nitrogens is 1. The highest BCUT2D eigenvalue weighted by molar-refractivity contribution is 7.96. The van der Waals surface area contributed by atoms with Crippen LogP contribution in [0.25, 0.3) is 4.72 Å². The van der Waals surface area contributed by atoms with Gasteiger partial charge in [-0.3, -0.25) is 4.79 Å². The molecule has 2 saturated heterocycles. The molecule has 30 heavy (non-hydrogen) atoms. The fourth-order valence-corrected chi connectivity index (χ4v) is 7.44. The van der Waals surface area contributed by atoms with E-state index in [4.69, 9.17) is 0 Å². The van der Waals surface area contributed by atoms with Gasteiger partial charge < -0.3 is 19.1 Å². The van der Waals surface area contributed by atoms with Crippen molar-refractivity contribution in [2.24, 2.45) is 5.92 Å². The number of thiophene rings is 1. The van der Waals surface area contributed by atoms with Crippen LogP contribution in [0.5, 0.6) is 0 Å². The maximum absolute atomic E-state index is 13.1. The maximum Gasteiger partial charge on any atom is 0.236 e. The monoisotopic (exact) mass is 448 g/mol. The Balaban J connectivity index is 1.38. The van der Waals surface area contributed by atoms with Gasteiger partial charge in [-0.1, -0.05) is 17.8 Å². The summed E-state index contributed by atoms with van der Waals surface area (Å²) in [5, 5.41) is 1.70. The number of nitrogens with zero attached hydrogens (tertiary/aromatic N) is 3. The van der Waals surface area contributed by atoms with Gasteiger partial charge in [-0.25, -0.2) is 8.42 Å². The van der Waals surface area contributed by atoms with Crippen molar-refractivity contribution in [1.29, 1.82) is 0 Å². The highest BCUT2D eigenvalue weighted by atomic mass is 32.2. The van der Waals surface area contributed by atoms with Gasteiger partial charge in [-0.05, 0) is 31.0 Å². The van der Waals surface area contributed by atoms with Crippen molar-refractivity contribution in [2.75, 3.05) is 33.2 Å². The van der Waals surface area contributed by atoms with E-state index >= 15 is 0 Å². The van der Waals surface area contributed by atoms with Gasteiger partial charge in [-0.2, -0.15) is 0 Å². The van der Waals surface area contributed by atoms with Crippen molar-refractivity contribution in [3.05, 3.63) is 50.4 Å². The van der Waals surface area contributed by atoms with Gasteiger partial charge >= 0.3 is 0 Å². The molecule has 0 radical (unpaired) electrons. The molecule has 5 rings (SSSR count). The summed E-state index contributed by atoms with van der Waals surface area (Å²) in [6.45, 7) is 5.18. The van der Waals surface area contributed by atoms with Crippen LogP contribution >= 0.6 is 11.3 Å². The van der Waals surface area contributed by atoms with E-state index in [9.17, 15) is 13.2 Å². The van der Waals surface area contributed by atoms with Gasteiger partial charge in [0.1, 0.15) is 14.2 Å². The fourth-order valence-electron chi connectivity index (χ4n) is 5.49. The van der Waals surface area contributed by atoms with Crippen molar-refractivity contribution in [1.82, 2.24) is 9.47 Å². The lowest BCUT2D eigenvalue weighted by molar-refractivity contribution is -0.937. The molecule has 0 spiro atoms. The second-order valence-electron chi connectivity index (χ2n) is 9.00. The van der Waals surface area contributed by atoms with Crippen molar-refractivity contribution < 1.29 is 13.3 Å². The maximum atomic E-state index is 13.1. The highest BCUT2D eigenvalue weighted by Gasteiger charge is 2.40. The number of pyridine rings is 1. The predicted octanol–water partition coefficient (Wildman–Crippen LogP) is 1.40. The lowest BCUT2D eigenvalue weighted by Crippen LogP contribution is -3.18. The first-order valence-electron chi connectivity index (χ1n) is 10.7. The van der Waals surface area contributed by atoms with Gasteiger partial charge in [0.25, 0.3) is 0 Å². The standard InChI is InChI=1S/C21H27N4O3S2/c1-23-8-6-17(7-9-23)24-12-15-11-16(14-24)19-5-4-18(21(26)25(19)13-15)22-30(27,28)20-3-2-10-29-20/h2-5,10,15-17H,6-9,11-14H2,1H3/q-1/p+1/t15-,16+/m0/s1. The third-order valence-electron chi connectivity index (χ3n) is 6.99. The van der Waals surface area contributed by atoms with E-state index in [0.29, 0.717) is 18.4 Å². The molecule has 2 fully saturated rings. The summed E-state index contributed by atoms with van der Waals surface area (Å²) in [5.41, 5.74) is 0.797. The Labute approximate surface area is 181 Å². The highest BCUT2D eigenvalue weighted by Crippen LogP contribution is 2.34. The summed E-state index contributed by atoms with van der Waals surface area (Å²) in [5.74, 6) is 0.829. The molecule has 2 aromatic heterocycles. The number of likely N-dealkylation sites (tertiary alicyclic amines) is 2. The smallest absolute Gasteiger partial charge is 0.236 e.